The van der Waals surface area contributed by atoms with Crippen molar-refractivity contribution in [3.8, 4) is 59.2 Å². The minimum atomic E-state index is -1.86. The maximum atomic E-state index is 14.1. The Kier molecular flexibility index (Phi) is 51.9. The SMILES string of the molecule is C#CCOc1ccc(OCCOCCOCCNC(=O)[C@@H](CC(=O)O)NC(=O)[C@@H](CC(=O)O)NC(=O)[C@@H](Cc2ccccc2)NC(=O)[C@@H](Cc2ccc(O)cc2)NC(=O)[C@H](N)Cc2ccccc2)cc1.C#CCOc1ccc(OCCOCCOCCNC(=O)[C@H](CC(=O)O)NC(=O)[C@H](CC(=O)O)NC(=O)[C@H](Cc2ccccc2)NC(=O)[C@H](Cc2ccc(O)cc2)NC(=O)[C@@H](N)Cc2ccccc2)cc1.[Zn]. The average molecular weight is 2000 g/mol. The molecule has 10 atom stereocenters. The van der Waals surface area contributed by atoms with E-state index >= 15 is 0 Å². The van der Waals surface area contributed by atoms with E-state index in [0.29, 0.717) is 45.3 Å². The zero-order chi connectivity index (χ0) is 101. The maximum Gasteiger partial charge on any atom is 0.305 e. The first-order chi connectivity index (χ1) is 67.4. The van der Waals surface area contributed by atoms with Crippen molar-refractivity contribution in [2.24, 2.45) is 11.5 Å². The van der Waals surface area contributed by atoms with Crippen LogP contribution in [0.1, 0.15) is 59.1 Å². The molecule has 746 valence electrons. The van der Waals surface area contributed by atoms with Gasteiger partial charge in [0.25, 0.3) is 0 Å². The molecule has 0 spiro atoms. The number of benzene rings is 8. The number of hydrogen-bond acceptors (Lipinski definition) is 26. The molecule has 0 aromatic heterocycles. The van der Waals surface area contributed by atoms with Crippen molar-refractivity contribution >= 4 is 82.9 Å². The minimum absolute atomic E-state index is 0. The molecule has 0 heterocycles. The van der Waals surface area contributed by atoms with Crippen molar-refractivity contribution < 1.29 is 155 Å². The summed E-state index contributed by atoms with van der Waals surface area (Å²) in [4.78, 5) is 184. The fourth-order valence-electron chi connectivity index (χ4n) is 13.3. The van der Waals surface area contributed by atoms with Gasteiger partial charge in [-0.15, -0.1) is 12.8 Å². The van der Waals surface area contributed by atoms with E-state index in [-0.39, 0.29) is 162 Å². The Bertz CT molecular complexity index is 5030. The summed E-state index contributed by atoms with van der Waals surface area (Å²) in [6.07, 6.45) is 6.33. The molecule has 0 unspecified atom stereocenters. The van der Waals surface area contributed by atoms with Crippen LogP contribution in [0.4, 0.5) is 0 Å². The van der Waals surface area contributed by atoms with Crippen molar-refractivity contribution in [1.29, 1.82) is 0 Å². The third kappa shape index (κ3) is 45.7. The Labute approximate surface area is 826 Å². The van der Waals surface area contributed by atoms with Crippen LogP contribution >= 0.6 is 0 Å². The van der Waals surface area contributed by atoms with Crippen LogP contribution in [-0.2, 0) is 144 Å². The predicted molar refractivity (Wildman–Crippen MR) is 506 cm³/mol. The Balaban J connectivity index is 0.000000429. The summed E-state index contributed by atoms with van der Waals surface area (Å²) >= 11 is 0. The standard InChI is InChI=1S/2C50H58N6O14.Zn/c2*1-2-22-69-37-17-19-38(20-18-37)70-27-26-68-25-24-67-23-21-52-47(63)42(31-44(58)59)55-50(66)43(32-45(60)61)56-49(65)41(29-34-11-7-4-8-12-34)54-48(64)40(30-35-13-15-36(57)16-14-35)53-46(62)39(51)28-33-9-5-3-6-10-33;/h2*1,3-20,39-43,57H,21-32,51H2,(H,52,63)(H,53,62)(H,54,64)(H,55,66)(H,56,65)(H,58,59)(H,60,61);/t2*39-,40-,41-,42-,43-;/m10./s1. The number of phenols is 2. The molecule has 20 N–H and O–H groups in total. The number of aliphatic carboxylic acids is 4. The summed E-state index contributed by atoms with van der Waals surface area (Å²) in [6.45, 7) is 1.79. The van der Waals surface area contributed by atoms with Crippen molar-refractivity contribution in [3.05, 3.63) is 252 Å². The summed E-state index contributed by atoms with van der Waals surface area (Å²) in [5.74, 6) is -8.18. The summed E-state index contributed by atoms with van der Waals surface area (Å²) in [7, 11) is 0. The molecule has 0 bridgehead atoms. The quantitative estimate of drug-likeness (QED) is 0.0147. The first kappa shape index (κ1) is 114. The van der Waals surface area contributed by atoms with E-state index in [4.69, 9.17) is 62.2 Å². The van der Waals surface area contributed by atoms with Gasteiger partial charge in [0.2, 0.25) is 59.1 Å². The molecular weight excluding hydrogens is 1880 g/mol. The van der Waals surface area contributed by atoms with Gasteiger partial charge in [-0.1, -0.05) is 157 Å². The number of ether oxygens (including phenoxy) is 8. The second-order valence-electron chi connectivity index (χ2n) is 31.3. The molecule has 0 fully saturated rings. The van der Waals surface area contributed by atoms with Crippen molar-refractivity contribution in [2.75, 3.05) is 92.4 Å². The van der Waals surface area contributed by atoms with Gasteiger partial charge in [0.15, 0.2) is 0 Å². The number of terminal acetylenes is 2. The van der Waals surface area contributed by atoms with Crippen LogP contribution < -0.4 is 83.6 Å². The van der Waals surface area contributed by atoms with Crippen LogP contribution in [0.2, 0.25) is 0 Å². The van der Waals surface area contributed by atoms with Gasteiger partial charge in [-0.25, -0.2) is 0 Å². The van der Waals surface area contributed by atoms with Gasteiger partial charge in [-0.3, -0.25) is 67.1 Å². The van der Waals surface area contributed by atoms with E-state index in [2.05, 4.69) is 65.0 Å². The zero-order valence-corrected chi connectivity index (χ0v) is 80.2. The van der Waals surface area contributed by atoms with Gasteiger partial charge >= 0.3 is 23.9 Å². The Morgan fingerprint density at radius 1 is 0.262 bits per heavy atom. The maximum absolute atomic E-state index is 14.1. The fraction of sp³-hybridized carbons (Fsp3) is 0.340. The molecule has 141 heavy (non-hydrogen) atoms. The molecule has 8 aromatic rings. The summed E-state index contributed by atoms with van der Waals surface area (Å²) < 4.78 is 43.7. The number of nitrogens with two attached hydrogens (primary N) is 2. The Hall–Kier alpha value is -15.4. The number of carboxylic acid groups (broad SMARTS) is 4. The second-order valence-corrected chi connectivity index (χ2v) is 31.3. The van der Waals surface area contributed by atoms with E-state index in [0.717, 1.165) is 11.1 Å². The third-order valence-electron chi connectivity index (χ3n) is 20.3. The first-order valence-electron chi connectivity index (χ1n) is 44.4. The molecule has 0 saturated carbocycles. The van der Waals surface area contributed by atoms with Gasteiger partial charge in [0.1, 0.15) is 109 Å². The largest absolute Gasteiger partial charge is 0.508 e. The van der Waals surface area contributed by atoms with E-state index in [1.165, 1.54) is 24.3 Å². The Morgan fingerprint density at radius 2 is 0.475 bits per heavy atom. The van der Waals surface area contributed by atoms with Crippen LogP contribution in [0.25, 0.3) is 0 Å². The number of amides is 10. The van der Waals surface area contributed by atoms with Crippen LogP contribution in [0.5, 0.6) is 34.5 Å². The molecule has 0 radical (unpaired) electrons. The number of carbonyl (C=O) groups is 14. The molecule has 10 amide bonds. The molecule has 0 aliphatic heterocycles. The Morgan fingerprint density at radius 3 is 0.738 bits per heavy atom. The zero-order valence-electron chi connectivity index (χ0n) is 77.2. The minimum Gasteiger partial charge on any atom is -0.508 e. The summed E-state index contributed by atoms with van der Waals surface area (Å²) in [5, 5.41) is 83.0. The van der Waals surface area contributed by atoms with E-state index in [1.807, 2.05) is 12.1 Å². The number of carbonyl (C=O) groups excluding carboxylic acids is 10. The van der Waals surface area contributed by atoms with Crippen LogP contribution in [-0.4, -0.2) is 266 Å². The monoisotopic (exact) mass is 2000 g/mol. The van der Waals surface area contributed by atoms with Crippen LogP contribution in [0.15, 0.2) is 218 Å². The third-order valence-corrected chi connectivity index (χ3v) is 20.3. The van der Waals surface area contributed by atoms with Gasteiger partial charge in [0.05, 0.1) is 90.6 Å². The fourth-order valence-corrected chi connectivity index (χ4v) is 13.3. The van der Waals surface area contributed by atoms with Crippen molar-refractivity contribution in [3.63, 3.8) is 0 Å². The molecular formula is C100H116N12O28Zn. The molecule has 40 nitrogen and oxygen atoms in total. The number of carboxylic acids is 4. The summed E-state index contributed by atoms with van der Waals surface area (Å²) in [5.41, 5.74) is 16.2. The van der Waals surface area contributed by atoms with Crippen LogP contribution in [0, 0.1) is 24.7 Å². The molecule has 8 aromatic carbocycles. The first-order valence-corrected chi connectivity index (χ1v) is 44.4. The summed E-state index contributed by atoms with van der Waals surface area (Å²) in [6, 6.07) is 45.5. The molecule has 0 saturated heterocycles. The van der Waals surface area contributed by atoms with Gasteiger partial charge in [0, 0.05) is 58.3 Å². The van der Waals surface area contributed by atoms with Gasteiger partial charge in [-0.05, 0) is 119 Å². The molecule has 41 heteroatoms. The molecule has 0 aliphatic rings. The van der Waals surface area contributed by atoms with Crippen molar-refractivity contribution in [1.82, 2.24) is 53.2 Å². The van der Waals surface area contributed by atoms with Gasteiger partial charge in [-0.2, -0.15) is 0 Å². The second kappa shape index (κ2) is 63.9. The number of phenolic OH excluding ortho intramolecular Hbond substituents is 2. The normalized spacial score (nSPS) is 12.8. The van der Waals surface area contributed by atoms with Crippen molar-refractivity contribution in [2.45, 2.75) is 125 Å². The molecule has 0 aliphatic carbocycles. The number of aromatic hydroxyl groups is 2. The topological polar surface area (TPSA) is 607 Å². The smallest absolute Gasteiger partial charge is 0.305 e. The van der Waals surface area contributed by atoms with E-state index < -0.39 is 169 Å². The van der Waals surface area contributed by atoms with Gasteiger partial charge < -0.3 is 133 Å². The average Bonchev–Trinajstić information content (AvgIpc) is 0.843. The number of rotatable bonds is 62. The number of hydrogen-bond donors (Lipinski definition) is 18. The number of nitrogens with one attached hydrogen (secondary N) is 10. The van der Waals surface area contributed by atoms with E-state index in [1.54, 1.807) is 182 Å². The predicted octanol–water partition coefficient (Wildman–Crippen LogP) is 1.75. The van der Waals surface area contributed by atoms with Crippen LogP contribution in [0.3, 0.4) is 0 Å². The van der Waals surface area contributed by atoms with E-state index in [9.17, 15) is 97.8 Å². The molecule has 8 rings (SSSR count).